The average Bonchev–Trinajstić information content (AvgIpc) is 2.18. The second kappa shape index (κ2) is 14.8. The third-order valence-corrected chi connectivity index (χ3v) is 0.974. The van der Waals surface area contributed by atoms with Gasteiger partial charge in [-0.1, -0.05) is 0 Å². The van der Waals surface area contributed by atoms with Gasteiger partial charge in [0.1, 0.15) is 18.5 Å². The van der Waals surface area contributed by atoms with Crippen molar-refractivity contribution >= 4 is 35.3 Å². The fourth-order valence-electron chi connectivity index (χ4n) is 0. The van der Waals surface area contributed by atoms with Crippen LogP contribution in [0.25, 0.3) is 0 Å². The molecule has 6 nitrogen and oxygen atoms in total. The molecule has 0 aromatic heterocycles. The molecule has 3 atom stereocenters. The van der Waals surface area contributed by atoms with Gasteiger partial charge < -0.3 is 29.7 Å². The number of halogens is 3. The molecule has 0 amide bonds. The molecule has 0 saturated carbocycles. The minimum atomic E-state index is -1.84. The summed E-state index contributed by atoms with van der Waals surface area (Å²) in [6.07, 6.45) is -5.53. The van der Waals surface area contributed by atoms with Crippen LogP contribution in [0, 0.1) is 0 Å². The number of rotatable bonds is 3. The summed E-state index contributed by atoms with van der Waals surface area (Å²) in [4.78, 5) is 27.6. The predicted octanol–water partition coefficient (Wildman–Crippen LogP) is -3.10. The molecule has 0 N–H and O–H groups in total. The molecular formula is C9H12AlF3O6. The van der Waals surface area contributed by atoms with Crippen molar-refractivity contribution in [2.75, 3.05) is 0 Å². The van der Waals surface area contributed by atoms with Crippen LogP contribution < -0.4 is 15.3 Å². The maximum Gasteiger partial charge on any atom is 3.00 e. The van der Waals surface area contributed by atoms with E-state index in [0.29, 0.717) is 0 Å². The van der Waals surface area contributed by atoms with Crippen LogP contribution in [0.1, 0.15) is 20.8 Å². The Hall–Kier alpha value is -1.27. The quantitative estimate of drug-likeness (QED) is 0.509. The van der Waals surface area contributed by atoms with Gasteiger partial charge in [0, 0.05) is 0 Å². The molecular weight excluding hydrogens is 288 g/mol. The Bertz CT molecular complexity index is 228. The topological polar surface area (TPSA) is 120 Å². The summed E-state index contributed by atoms with van der Waals surface area (Å²) in [5.74, 6) is -4.97. The van der Waals surface area contributed by atoms with Crippen molar-refractivity contribution in [1.29, 1.82) is 0 Å². The summed E-state index contributed by atoms with van der Waals surface area (Å²) in [6, 6.07) is 0. The van der Waals surface area contributed by atoms with Crippen LogP contribution in [0.15, 0.2) is 0 Å². The van der Waals surface area contributed by atoms with Crippen LogP contribution in [0.5, 0.6) is 0 Å². The predicted molar refractivity (Wildman–Crippen MR) is 52.5 cm³/mol. The molecule has 0 fully saturated rings. The third kappa shape index (κ3) is 31.5. The van der Waals surface area contributed by atoms with E-state index in [1.807, 2.05) is 0 Å². The number of hydrogen-bond acceptors (Lipinski definition) is 6. The molecule has 0 aliphatic rings. The normalized spacial score (nSPS) is 12.9. The summed E-state index contributed by atoms with van der Waals surface area (Å²) in [6.45, 7) is 2.74. The first-order chi connectivity index (χ1) is 7.93. The standard InChI is InChI=1S/3C3H5FO2.Al/c3*1-2(4)3(5)6;/h3*2H,1H3,(H,5,6);/q;;;+3/p-3. The summed E-state index contributed by atoms with van der Waals surface area (Å²) < 4.78 is 33.5. The van der Waals surface area contributed by atoms with Crippen molar-refractivity contribution in [2.45, 2.75) is 39.3 Å². The van der Waals surface area contributed by atoms with Gasteiger partial charge in [-0.3, -0.25) is 0 Å². The van der Waals surface area contributed by atoms with Gasteiger partial charge in [0.2, 0.25) is 0 Å². The van der Waals surface area contributed by atoms with E-state index in [9.17, 15) is 42.9 Å². The van der Waals surface area contributed by atoms with Gasteiger partial charge in [-0.15, -0.1) is 0 Å². The van der Waals surface area contributed by atoms with Gasteiger partial charge in [0.25, 0.3) is 0 Å². The maximum atomic E-state index is 11.2. The van der Waals surface area contributed by atoms with E-state index in [2.05, 4.69) is 0 Å². The van der Waals surface area contributed by atoms with Gasteiger partial charge >= 0.3 is 17.4 Å². The summed E-state index contributed by atoms with van der Waals surface area (Å²) in [7, 11) is 0. The van der Waals surface area contributed by atoms with Crippen molar-refractivity contribution in [3.05, 3.63) is 0 Å². The number of carbonyl (C=O) groups excluding carboxylic acids is 3. The molecule has 0 bridgehead atoms. The summed E-state index contributed by atoms with van der Waals surface area (Å²) in [5.41, 5.74) is 0. The van der Waals surface area contributed by atoms with Crippen LogP contribution >= 0.6 is 0 Å². The SMILES string of the molecule is CC(F)C(=O)[O-].CC(F)C(=O)[O-].CC(F)C(=O)[O-].[Al+3]. The number of aliphatic carboxylic acids is 3. The van der Waals surface area contributed by atoms with Crippen molar-refractivity contribution < 1.29 is 42.9 Å². The zero-order chi connectivity index (χ0) is 15.5. The third-order valence-electron chi connectivity index (χ3n) is 0.974. The Labute approximate surface area is 118 Å². The van der Waals surface area contributed by atoms with Crippen LogP contribution in [-0.4, -0.2) is 53.8 Å². The second-order valence-corrected chi connectivity index (χ2v) is 2.81. The van der Waals surface area contributed by atoms with E-state index in [0.717, 1.165) is 20.8 Å². The average molecular weight is 300 g/mol. The smallest absolute Gasteiger partial charge is 0.547 e. The number of carbonyl (C=O) groups is 3. The van der Waals surface area contributed by atoms with E-state index >= 15 is 0 Å². The number of alkyl halides is 3. The zero-order valence-electron chi connectivity index (χ0n) is 10.4. The molecule has 19 heavy (non-hydrogen) atoms. The number of carboxylic acid groups (broad SMARTS) is 3. The van der Waals surface area contributed by atoms with Crippen molar-refractivity contribution in [3.63, 3.8) is 0 Å². The van der Waals surface area contributed by atoms with Gasteiger partial charge in [0.05, 0.1) is 17.9 Å². The van der Waals surface area contributed by atoms with E-state index in [1.54, 1.807) is 0 Å². The minimum Gasteiger partial charge on any atom is -0.547 e. The Balaban J connectivity index is -0.0000000865. The number of hydrogen-bond donors (Lipinski definition) is 0. The largest absolute Gasteiger partial charge is 3.00 e. The Morgan fingerprint density at radius 1 is 0.684 bits per heavy atom. The molecule has 0 aromatic rings. The molecule has 0 aromatic carbocycles. The molecule has 10 heteroatoms. The molecule has 0 aliphatic carbocycles. The molecule has 0 heterocycles. The molecule has 3 unspecified atom stereocenters. The first-order valence-corrected chi connectivity index (χ1v) is 4.48. The maximum absolute atomic E-state index is 11.2. The second-order valence-electron chi connectivity index (χ2n) is 2.81. The summed E-state index contributed by atoms with van der Waals surface area (Å²) >= 11 is 0. The molecule has 0 rings (SSSR count). The van der Waals surface area contributed by atoms with Gasteiger partial charge in [-0.25, -0.2) is 13.2 Å². The van der Waals surface area contributed by atoms with E-state index in [4.69, 9.17) is 0 Å². The monoisotopic (exact) mass is 300 g/mol. The fourth-order valence-corrected chi connectivity index (χ4v) is 0. The van der Waals surface area contributed by atoms with Gasteiger partial charge in [-0.2, -0.15) is 0 Å². The fraction of sp³-hybridized carbons (Fsp3) is 0.667. The minimum absolute atomic E-state index is 0. The molecule has 0 spiro atoms. The Morgan fingerprint density at radius 2 is 0.737 bits per heavy atom. The van der Waals surface area contributed by atoms with E-state index < -0.39 is 36.4 Å². The van der Waals surface area contributed by atoms with E-state index in [-0.39, 0.29) is 17.4 Å². The Kier molecular flexibility index (Phi) is 20.5. The van der Waals surface area contributed by atoms with Crippen molar-refractivity contribution in [1.82, 2.24) is 0 Å². The van der Waals surface area contributed by atoms with Crippen LogP contribution in [0.3, 0.4) is 0 Å². The molecule has 108 valence electrons. The first kappa shape index (κ1) is 26.3. The van der Waals surface area contributed by atoms with Gasteiger partial charge in [0.15, 0.2) is 0 Å². The van der Waals surface area contributed by atoms with Crippen molar-refractivity contribution in [2.24, 2.45) is 0 Å². The number of carboxylic acids is 3. The van der Waals surface area contributed by atoms with Crippen LogP contribution in [0.4, 0.5) is 13.2 Å². The Morgan fingerprint density at radius 3 is 0.737 bits per heavy atom. The van der Waals surface area contributed by atoms with Crippen LogP contribution in [0.2, 0.25) is 0 Å². The summed E-state index contributed by atoms with van der Waals surface area (Å²) in [5, 5.41) is 27.6. The van der Waals surface area contributed by atoms with Crippen LogP contribution in [-0.2, 0) is 14.4 Å². The van der Waals surface area contributed by atoms with E-state index in [1.165, 1.54) is 0 Å². The molecule has 0 saturated heterocycles. The van der Waals surface area contributed by atoms with Gasteiger partial charge in [-0.05, 0) is 20.8 Å². The zero-order valence-corrected chi connectivity index (χ0v) is 11.5. The molecule has 0 radical (unpaired) electrons. The van der Waals surface area contributed by atoms with Crippen molar-refractivity contribution in [3.8, 4) is 0 Å². The first-order valence-electron chi connectivity index (χ1n) is 4.48. The molecule has 0 aliphatic heterocycles.